The van der Waals surface area contributed by atoms with Crippen molar-refractivity contribution < 1.29 is 17.7 Å². The van der Waals surface area contributed by atoms with Gasteiger partial charge in [0.05, 0.1) is 11.1 Å². The molecule has 0 unspecified atom stereocenters. The number of halogens is 1. The van der Waals surface area contributed by atoms with Gasteiger partial charge >= 0.3 is 0 Å². The Balaban J connectivity index is 2.47. The number of nitro groups is 1. The lowest BCUT2D eigenvalue weighted by molar-refractivity contribution is -0.384. The molecule has 0 aliphatic rings. The first-order valence-electron chi connectivity index (χ1n) is 5.28. The lowest BCUT2D eigenvalue weighted by atomic mass is 10.2. The van der Waals surface area contributed by atoms with Gasteiger partial charge in [-0.15, -0.1) is 0 Å². The lowest BCUT2D eigenvalue weighted by Gasteiger charge is -2.07. The van der Waals surface area contributed by atoms with E-state index in [1.54, 1.807) is 0 Å². The van der Waals surface area contributed by atoms with Gasteiger partial charge < -0.3 is 4.98 Å². The monoisotopic (exact) mass is 300 g/mol. The Bertz CT molecular complexity index is 771. The number of aromatic amines is 1. The predicted octanol–water partition coefficient (Wildman–Crippen LogP) is 1.57. The normalized spacial score (nSPS) is 11.3. The maximum atomic E-state index is 13.6. The zero-order valence-electron chi connectivity index (χ0n) is 10.1. The lowest BCUT2D eigenvalue weighted by Crippen LogP contribution is -2.15. The minimum absolute atomic E-state index is 0.312. The van der Waals surface area contributed by atoms with Crippen molar-refractivity contribution in [3.05, 3.63) is 46.2 Å². The Morgan fingerprint density at radius 2 is 2.15 bits per heavy atom. The van der Waals surface area contributed by atoms with Crippen LogP contribution in [0, 0.1) is 22.9 Å². The number of nitrogens with zero attached hydrogens (tertiary/aromatic N) is 2. The van der Waals surface area contributed by atoms with E-state index in [0.717, 1.165) is 24.4 Å². The molecule has 2 N–H and O–H groups in total. The molecule has 0 amide bonds. The molecule has 0 atom stereocenters. The van der Waals surface area contributed by atoms with Crippen LogP contribution in [0.25, 0.3) is 0 Å². The van der Waals surface area contributed by atoms with Crippen molar-refractivity contribution in [2.75, 3.05) is 4.72 Å². The van der Waals surface area contributed by atoms with Crippen LogP contribution in [-0.2, 0) is 10.0 Å². The molecule has 0 radical (unpaired) electrons. The number of sulfonamides is 1. The third-order valence-electron chi connectivity index (χ3n) is 2.39. The number of hydrogen-bond donors (Lipinski definition) is 2. The minimum Gasteiger partial charge on any atom is -0.332 e. The zero-order valence-corrected chi connectivity index (χ0v) is 10.9. The molecule has 0 aliphatic heterocycles. The van der Waals surface area contributed by atoms with Crippen LogP contribution in [-0.4, -0.2) is 23.3 Å². The third-order valence-corrected chi connectivity index (χ3v) is 3.65. The first-order chi connectivity index (χ1) is 9.31. The van der Waals surface area contributed by atoms with Crippen LogP contribution in [0.1, 0.15) is 5.82 Å². The molecule has 106 valence electrons. The fourth-order valence-electron chi connectivity index (χ4n) is 1.49. The number of imidazole rings is 1. The van der Waals surface area contributed by atoms with Crippen LogP contribution >= 0.6 is 0 Å². The molecule has 0 bridgehead atoms. The van der Waals surface area contributed by atoms with Gasteiger partial charge in [0, 0.05) is 6.07 Å². The summed E-state index contributed by atoms with van der Waals surface area (Å²) in [7, 11) is -4.18. The van der Waals surface area contributed by atoms with E-state index in [0.29, 0.717) is 5.82 Å². The average Bonchev–Trinajstić information content (AvgIpc) is 2.79. The van der Waals surface area contributed by atoms with Gasteiger partial charge in [0.2, 0.25) is 0 Å². The van der Waals surface area contributed by atoms with E-state index in [9.17, 15) is 22.9 Å². The molecule has 1 heterocycles. The molecule has 20 heavy (non-hydrogen) atoms. The Kier molecular flexibility index (Phi) is 3.40. The number of aryl methyl sites for hydroxylation is 1. The van der Waals surface area contributed by atoms with Gasteiger partial charge in [0.25, 0.3) is 15.7 Å². The number of para-hydroxylation sites is 1. The fraction of sp³-hybridized carbons (Fsp3) is 0.100. The van der Waals surface area contributed by atoms with E-state index < -0.39 is 32.1 Å². The van der Waals surface area contributed by atoms with Gasteiger partial charge in [0.15, 0.2) is 16.5 Å². The number of hydrogen-bond acceptors (Lipinski definition) is 5. The zero-order chi connectivity index (χ0) is 14.9. The molecular formula is C10H9FN4O4S. The topological polar surface area (TPSA) is 118 Å². The van der Waals surface area contributed by atoms with Gasteiger partial charge in [-0.25, -0.2) is 9.37 Å². The summed E-state index contributed by atoms with van der Waals surface area (Å²) in [5, 5.41) is 10.5. The second kappa shape index (κ2) is 4.89. The average molecular weight is 300 g/mol. The van der Waals surface area contributed by atoms with Crippen LogP contribution < -0.4 is 4.72 Å². The van der Waals surface area contributed by atoms with E-state index in [1.165, 1.54) is 6.92 Å². The Labute approximate surface area is 112 Å². The predicted molar refractivity (Wildman–Crippen MR) is 67.2 cm³/mol. The highest BCUT2D eigenvalue weighted by Gasteiger charge is 2.25. The third kappa shape index (κ3) is 2.59. The number of nitrogens with one attached hydrogen (secondary N) is 2. The fourth-order valence-corrected chi connectivity index (χ4v) is 2.54. The first kappa shape index (κ1) is 13.9. The summed E-state index contributed by atoms with van der Waals surface area (Å²) < 4.78 is 39.4. The molecule has 0 aliphatic carbocycles. The first-order valence-corrected chi connectivity index (χ1v) is 6.77. The van der Waals surface area contributed by atoms with E-state index in [4.69, 9.17) is 0 Å². The molecule has 2 rings (SSSR count). The number of aromatic nitrogens is 2. The van der Waals surface area contributed by atoms with Crippen LogP contribution in [0.3, 0.4) is 0 Å². The molecule has 0 spiro atoms. The van der Waals surface area contributed by atoms with Crippen molar-refractivity contribution in [3.63, 3.8) is 0 Å². The minimum atomic E-state index is -4.18. The number of benzene rings is 1. The summed E-state index contributed by atoms with van der Waals surface area (Å²) in [6.45, 7) is 1.53. The number of nitro benzene ring substituents is 1. The Hall–Kier alpha value is -2.49. The molecule has 1 aromatic heterocycles. The SMILES string of the molecule is Cc1ncc(S(=O)(=O)Nc2c(F)cccc2[N+](=O)[O-])[nH]1. The smallest absolute Gasteiger partial charge is 0.296 e. The van der Waals surface area contributed by atoms with Crippen molar-refractivity contribution in [1.29, 1.82) is 0 Å². The van der Waals surface area contributed by atoms with E-state index in [2.05, 4.69) is 9.97 Å². The molecule has 1 aromatic carbocycles. The van der Waals surface area contributed by atoms with Gasteiger partial charge in [-0.05, 0) is 13.0 Å². The van der Waals surface area contributed by atoms with E-state index >= 15 is 0 Å². The second-order valence-corrected chi connectivity index (χ2v) is 5.48. The molecule has 10 heteroatoms. The summed E-state index contributed by atoms with van der Waals surface area (Å²) in [5.41, 5.74) is -1.39. The molecule has 0 saturated carbocycles. The highest BCUT2D eigenvalue weighted by Crippen LogP contribution is 2.28. The van der Waals surface area contributed by atoms with Crippen molar-refractivity contribution in [2.45, 2.75) is 11.9 Å². The van der Waals surface area contributed by atoms with Crippen LogP contribution in [0.5, 0.6) is 0 Å². The number of rotatable bonds is 4. The summed E-state index contributed by atoms with van der Waals surface area (Å²) >= 11 is 0. The van der Waals surface area contributed by atoms with Crippen molar-refractivity contribution >= 4 is 21.4 Å². The largest absolute Gasteiger partial charge is 0.332 e. The van der Waals surface area contributed by atoms with Crippen LogP contribution in [0.15, 0.2) is 29.4 Å². The molecule has 8 nitrogen and oxygen atoms in total. The molecular weight excluding hydrogens is 291 g/mol. The second-order valence-electron chi connectivity index (χ2n) is 3.83. The standard InChI is InChI=1S/C10H9FN4O4S/c1-6-12-5-9(13-6)20(18,19)14-10-7(11)3-2-4-8(10)15(16)17/h2-5,14H,1H3,(H,12,13). The summed E-state index contributed by atoms with van der Waals surface area (Å²) in [5.74, 6) is -0.701. The maximum Gasteiger partial charge on any atom is 0.296 e. The highest BCUT2D eigenvalue weighted by molar-refractivity contribution is 7.92. The number of anilines is 1. The van der Waals surface area contributed by atoms with Crippen molar-refractivity contribution in [1.82, 2.24) is 9.97 Å². The molecule has 0 saturated heterocycles. The van der Waals surface area contributed by atoms with Crippen molar-refractivity contribution in [3.8, 4) is 0 Å². The Morgan fingerprint density at radius 1 is 1.45 bits per heavy atom. The van der Waals surface area contributed by atoms with Crippen molar-refractivity contribution in [2.24, 2.45) is 0 Å². The highest BCUT2D eigenvalue weighted by atomic mass is 32.2. The molecule has 2 aromatic rings. The molecule has 0 fully saturated rings. The van der Waals surface area contributed by atoms with E-state index in [-0.39, 0.29) is 5.03 Å². The van der Waals surface area contributed by atoms with Gasteiger partial charge in [-0.3, -0.25) is 14.8 Å². The Morgan fingerprint density at radius 3 is 2.70 bits per heavy atom. The van der Waals surface area contributed by atoms with Gasteiger partial charge in [-0.2, -0.15) is 8.42 Å². The van der Waals surface area contributed by atoms with Crippen LogP contribution in [0.2, 0.25) is 0 Å². The van der Waals surface area contributed by atoms with Gasteiger partial charge in [-0.1, -0.05) is 6.07 Å². The van der Waals surface area contributed by atoms with E-state index in [1.807, 2.05) is 4.72 Å². The van der Waals surface area contributed by atoms with Crippen LogP contribution in [0.4, 0.5) is 15.8 Å². The van der Waals surface area contributed by atoms with Gasteiger partial charge in [0.1, 0.15) is 5.82 Å². The quantitative estimate of drug-likeness (QED) is 0.656. The summed E-state index contributed by atoms with van der Waals surface area (Å²) in [6.07, 6.45) is 1.03. The number of H-pyrrole nitrogens is 1. The summed E-state index contributed by atoms with van der Waals surface area (Å²) in [4.78, 5) is 16.1. The summed E-state index contributed by atoms with van der Waals surface area (Å²) in [6, 6.07) is 3.04. The maximum absolute atomic E-state index is 13.6.